The van der Waals surface area contributed by atoms with Crippen molar-refractivity contribution >= 4 is 28.7 Å². The molecule has 0 bridgehead atoms. The van der Waals surface area contributed by atoms with Crippen LogP contribution in [-0.2, 0) is 11.3 Å². The molecule has 1 aliphatic heterocycles. The monoisotopic (exact) mass is 336 g/mol. The average Bonchev–Trinajstić information content (AvgIpc) is 3.18. The van der Waals surface area contributed by atoms with Gasteiger partial charge in [-0.05, 0) is 44.1 Å². The first-order valence-electron chi connectivity index (χ1n) is 7.92. The van der Waals surface area contributed by atoms with Gasteiger partial charge in [0.2, 0.25) is 5.91 Å². The number of nitrogens with zero attached hydrogens (tertiary/aromatic N) is 2. The molecule has 3 rings (SSSR count). The maximum Gasteiger partial charge on any atom is 0.230 e. The number of hydrogen-bond donors (Lipinski definition) is 2. The van der Waals surface area contributed by atoms with Crippen LogP contribution in [0.3, 0.4) is 0 Å². The Hall–Kier alpha value is -1.60. The first-order valence-corrected chi connectivity index (χ1v) is 9.07. The van der Waals surface area contributed by atoms with Gasteiger partial charge in [0.25, 0.3) is 0 Å². The molecule has 0 spiro atoms. The van der Waals surface area contributed by atoms with E-state index in [2.05, 4.69) is 20.2 Å². The number of rotatable bonds is 7. The second kappa shape index (κ2) is 7.79. The highest BCUT2D eigenvalue weighted by atomic mass is 32.2. The van der Waals surface area contributed by atoms with E-state index in [4.69, 9.17) is 0 Å². The summed E-state index contributed by atoms with van der Waals surface area (Å²) in [6.45, 7) is 3.79. The van der Waals surface area contributed by atoms with Crippen LogP contribution in [0, 0.1) is 5.82 Å². The highest BCUT2D eigenvalue weighted by molar-refractivity contribution is 7.99. The van der Waals surface area contributed by atoms with Gasteiger partial charge in [-0.2, -0.15) is 11.8 Å². The molecule has 1 fully saturated rings. The van der Waals surface area contributed by atoms with Crippen molar-refractivity contribution in [2.24, 2.45) is 0 Å². The van der Waals surface area contributed by atoms with Crippen molar-refractivity contribution in [3.8, 4) is 0 Å². The van der Waals surface area contributed by atoms with E-state index in [1.54, 1.807) is 17.8 Å². The molecular weight excluding hydrogens is 315 g/mol. The number of carbonyl (C=O) groups excluding carboxylic acids is 1. The molecule has 1 aliphatic rings. The predicted octanol–water partition coefficient (Wildman–Crippen LogP) is 2.15. The smallest absolute Gasteiger partial charge is 0.230 e. The SMILES string of the molecule is O=C(CSCCN1CCCC1)NCc1nc2ccc(F)cc2[nH]1. The van der Waals surface area contributed by atoms with Gasteiger partial charge >= 0.3 is 0 Å². The molecular formula is C16H21FN4OS. The lowest BCUT2D eigenvalue weighted by atomic mass is 10.3. The van der Waals surface area contributed by atoms with Gasteiger partial charge in [-0.3, -0.25) is 4.79 Å². The third-order valence-electron chi connectivity index (χ3n) is 3.93. The van der Waals surface area contributed by atoms with E-state index in [1.165, 1.54) is 38.1 Å². The number of imidazole rings is 1. The second-order valence-electron chi connectivity index (χ2n) is 5.72. The van der Waals surface area contributed by atoms with Crippen LogP contribution >= 0.6 is 11.8 Å². The molecule has 0 saturated carbocycles. The average molecular weight is 336 g/mol. The summed E-state index contributed by atoms with van der Waals surface area (Å²) in [5.74, 6) is 1.79. The van der Waals surface area contributed by atoms with Gasteiger partial charge in [-0.15, -0.1) is 0 Å². The Balaban J connectivity index is 1.37. The Labute approximate surface area is 139 Å². The lowest BCUT2D eigenvalue weighted by molar-refractivity contribution is -0.118. The Bertz CT molecular complexity index is 669. The van der Waals surface area contributed by atoms with Crippen molar-refractivity contribution in [2.45, 2.75) is 19.4 Å². The fraction of sp³-hybridized carbons (Fsp3) is 0.500. The van der Waals surface area contributed by atoms with Crippen LogP contribution in [-0.4, -0.2) is 51.9 Å². The molecule has 0 atom stereocenters. The van der Waals surface area contributed by atoms with Crippen LogP contribution in [0.5, 0.6) is 0 Å². The molecule has 7 heteroatoms. The number of thioether (sulfide) groups is 1. The van der Waals surface area contributed by atoms with Crippen molar-refractivity contribution in [2.75, 3.05) is 31.1 Å². The Kier molecular flexibility index (Phi) is 5.51. The van der Waals surface area contributed by atoms with Crippen LogP contribution in [0.25, 0.3) is 11.0 Å². The summed E-state index contributed by atoms with van der Waals surface area (Å²) in [6, 6.07) is 4.41. The lowest BCUT2D eigenvalue weighted by Gasteiger charge is -2.13. The number of hydrogen-bond acceptors (Lipinski definition) is 4. The lowest BCUT2D eigenvalue weighted by Crippen LogP contribution is -2.26. The number of benzene rings is 1. The fourth-order valence-corrected chi connectivity index (χ4v) is 3.54. The van der Waals surface area contributed by atoms with Gasteiger partial charge in [-0.1, -0.05) is 0 Å². The van der Waals surface area contributed by atoms with E-state index >= 15 is 0 Å². The zero-order chi connectivity index (χ0) is 16.1. The fourth-order valence-electron chi connectivity index (χ4n) is 2.72. The summed E-state index contributed by atoms with van der Waals surface area (Å²) in [5, 5.41) is 2.84. The number of nitrogens with one attached hydrogen (secondary N) is 2. The molecule has 0 radical (unpaired) electrons. The molecule has 1 amide bonds. The number of aromatic nitrogens is 2. The van der Waals surface area contributed by atoms with Crippen LogP contribution < -0.4 is 5.32 Å². The molecule has 2 heterocycles. The molecule has 1 aromatic carbocycles. The number of H-pyrrole nitrogens is 1. The van der Waals surface area contributed by atoms with Crippen LogP contribution in [0.4, 0.5) is 4.39 Å². The van der Waals surface area contributed by atoms with E-state index < -0.39 is 0 Å². The number of halogens is 1. The molecule has 2 N–H and O–H groups in total. The Morgan fingerprint density at radius 1 is 1.39 bits per heavy atom. The summed E-state index contributed by atoms with van der Waals surface area (Å²) in [5.41, 5.74) is 1.35. The van der Waals surface area contributed by atoms with Crippen LogP contribution in [0.1, 0.15) is 18.7 Å². The number of aromatic amines is 1. The first-order chi connectivity index (χ1) is 11.2. The highest BCUT2D eigenvalue weighted by Crippen LogP contribution is 2.13. The summed E-state index contributed by atoms with van der Waals surface area (Å²) in [7, 11) is 0. The van der Waals surface area contributed by atoms with E-state index in [9.17, 15) is 9.18 Å². The molecule has 1 aromatic heterocycles. The van der Waals surface area contributed by atoms with Crippen molar-refractivity contribution in [3.63, 3.8) is 0 Å². The minimum atomic E-state index is -0.300. The molecule has 5 nitrogen and oxygen atoms in total. The van der Waals surface area contributed by atoms with Gasteiger partial charge < -0.3 is 15.2 Å². The third-order valence-corrected chi connectivity index (χ3v) is 4.87. The maximum atomic E-state index is 13.1. The van der Waals surface area contributed by atoms with Crippen LogP contribution in [0.2, 0.25) is 0 Å². The third kappa shape index (κ3) is 4.68. The molecule has 0 unspecified atom stereocenters. The van der Waals surface area contributed by atoms with Crippen molar-refractivity contribution in [3.05, 3.63) is 29.8 Å². The topological polar surface area (TPSA) is 61.0 Å². The maximum absolute atomic E-state index is 13.1. The van der Waals surface area contributed by atoms with Crippen molar-refractivity contribution in [1.29, 1.82) is 0 Å². The quantitative estimate of drug-likeness (QED) is 0.761. The standard InChI is InChI=1S/C16H21FN4OS/c17-12-3-4-13-14(9-12)20-15(19-13)10-18-16(22)11-23-8-7-21-5-1-2-6-21/h3-4,9H,1-2,5-8,10-11H2,(H,18,22)(H,19,20). The number of amides is 1. The van der Waals surface area contributed by atoms with Gasteiger partial charge in [-0.25, -0.2) is 9.37 Å². The minimum Gasteiger partial charge on any atom is -0.348 e. The van der Waals surface area contributed by atoms with E-state index in [0.29, 0.717) is 29.2 Å². The van der Waals surface area contributed by atoms with Crippen LogP contribution in [0.15, 0.2) is 18.2 Å². The van der Waals surface area contributed by atoms with E-state index in [0.717, 1.165) is 12.3 Å². The van der Waals surface area contributed by atoms with Gasteiger partial charge in [0.05, 0.1) is 23.3 Å². The largest absolute Gasteiger partial charge is 0.348 e. The number of carbonyl (C=O) groups is 1. The zero-order valence-electron chi connectivity index (χ0n) is 13.0. The Morgan fingerprint density at radius 3 is 3.04 bits per heavy atom. The summed E-state index contributed by atoms with van der Waals surface area (Å²) in [4.78, 5) is 21.6. The summed E-state index contributed by atoms with van der Waals surface area (Å²) >= 11 is 1.66. The molecule has 1 saturated heterocycles. The molecule has 124 valence electrons. The van der Waals surface area contributed by atoms with E-state index in [1.807, 2.05) is 0 Å². The molecule has 0 aliphatic carbocycles. The predicted molar refractivity (Wildman–Crippen MR) is 90.9 cm³/mol. The summed E-state index contributed by atoms with van der Waals surface area (Å²) < 4.78 is 13.1. The zero-order valence-corrected chi connectivity index (χ0v) is 13.8. The van der Waals surface area contributed by atoms with Gasteiger partial charge in [0.1, 0.15) is 11.6 Å². The molecule has 2 aromatic rings. The summed E-state index contributed by atoms with van der Waals surface area (Å²) in [6.07, 6.45) is 2.60. The van der Waals surface area contributed by atoms with Crippen molar-refractivity contribution < 1.29 is 9.18 Å². The van der Waals surface area contributed by atoms with Crippen molar-refractivity contribution in [1.82, 2.24) is 20.2 Å². The first kappa shape index (κ1) is 16.3. The normalized spacial score (nSPS) is 15.3. The Morgan fingerprint density at radius 2 is 2.22 bits per heavy atom. The minimum absolute atomic E-state index is 0.00283. The van der Waals surface area contributed by atoms with Gasteiger partial charge in [0.15, 0.2) is 0 Å². The molecule has 23 heavy (non-hydrogen) atoms. The number of likely N-dealkylation sites (tertiary alicyclic amines) is 1. The number of fused-ring (bicyclic) bond motifs is 1. The van der Waals surface area contributed by atoms with E-state index in [-0.39, 0.29) is 11.7 Å². The second-order valence-corrected chi connectivity index (χ2v) is 6.83. The van der Waals surface area contributed by atoms with Gasteiger partial charge in [0, 0.05) is 12.3 Å². The highest BCUT2D eigenvalue weighted by Gasteiger charge is 2.11.